The molecule has 0 aliphatic rings. The van der Waals surface area contributed by atoms with Crippen molar-refractivity contribution < 1.29 is 0 Å². The number of aromatic nitrogens is 5. The van der Waals surface area contributed by atoms with E-state index >= 15 is 0 Å². The summed E-state index contributed by atoms with van der Waals surface area (Å²) in [6, 6.07) is 2.12. The van der Waals surface area contributed by atoms with Crippen molar-refractivity contribution in [3.05, 3.63) is 29.8 Å². The lowest BCUT2D eigenvalue weighted by Crippen LogP contribution is -2.13. The monoisotopic (exact) mass is 220 g/mol. The number of nitrogens with one attached hydrogen (secondary N) is 2. The van der Waals surface area contributed by atoms with Crippen LogP contribution in [0.15, 0.2) is 18.5 Å². The predicted octanol–water partition coefficient (Wildman–Crippen LogP) is 0.701. The number of hydrogen-bond donors (Lipinski definition) is 2. The molecule has 2 rings (SSSR count). The lowest BCUT2D eigenvalue weighted by molar-refractivity contribution is 0.653. The van der Waals surface area contributed by atoms with Crippen LogP contribution in [0.4, 0.5) is 0 Å². The standard InChI is InChI=1S/C10H16N6/c1-2-4-16-5-3-9(8-16)6-11-7-10-12-14-15-13-10/h3,5,8,11H,2,4,6-7H2,1H3,(H,12,13,14,15). The van der Waals surface area contributed by atoms with Crippen molar-refractivity contribution in [1.29, 1.82) is 0 Å². The fraction of sp³-hybridized carbons (Fsp3) is 0.500. The third kappa shape index (κ3) is 2.90. The average molecular weight is 220 g/mol. The third-order valence-corrected chi connectivity index (χ3v) is 2.29. The van der Waals surface area contributed by atoms with Crippen LogP contribution in [-0.4, -0.2) is 25.2 Å². The second-order valence-electron chi connectivity index (χ2n) is 3.69. The highest BCUT2D eigenvalue weighted by Crippen LogP contribution is 2.02. The molecule has 6 nitrogen and oxygen atoms in total. The highest BCUT2D eigenvalue weighted by Gasteiger charge is 1.99. The van der Waals surface area contributed by atoms with E-state index in [9.17, 15) is 0 Å². The first-order valence-corrected chi connectivity index (χ1v) is 5.46. The summed E-state index contributed by atoms with van der Waals surface area (Å²) in [6.07, 6.45) is 5.42. The van der Waals surface area contributed by atoms with E-state index < -0.39 is 0 Å². The predicted molar refractivity (Wildman–Crippen MR) is 59.4 cm³/mol. The molecule has 2 aromatic heterocycles. The van der Waals surface area contributed by atoms with Crippen LogP contribution >= 0.6 is 0 Å². The normalized spacial score (nSPS) is 10.8. The summed E-state index contributed by atoms with van der Waals surface area (Å²) in [5.41, 5.74) is 1.27. The molecule has 0 aliphatic heterocycles. The molecule has 0 fully saturated rings. The molecule has 0 atom stereocenters. The van der Waals surface area contributed by atoms with Crippen LogP contribution in [0.25, 0.3) is 0 Å². The van der Waals surface area contributed by atoms with Crippen LogP contribution < -0.4 is 5.32 Å². The van der Waals surface area contributed by atoms with Gasteiger partial charge in [0, 0.05) is 25.5 Å². The molecular formula is C10H16N6. The molecule has 2 aromatic rings. The summed E-state index contributed by atoms with van der Waals surface area (Å²) in [5, 5.41) is 16.9. The molecule has 2 heterocycles. The Kier molecular flexibility index (Phi) is 3.66. The van der Waals surface area contributed by atoms with Crippen molar-refractivity contribution in [3.63, 3.8) is 0 Å². The van der Waals surface area contributed by atoms with Crippen molar-refractivity contribution >= 4 is 0 Å². The van der Waals surface area contributed by atoms with Gasteiger partial charge in [-0.05, 0) is 18.1 Å². The van der Waals surface area contributed by atoms with Gasteiger partial charge in [0.05, 0.1) is 6.54 Å². The first-order valence-electron chi connectivity index (χ1n) is 5.46. The molecule has 0 saturated heterocycles. The third-order valence-electron chi connectivity index (χ3n) is 2.29. The van der Waals surface area contributed by atoms with Gasteiger partial charge in [-0.2, -0.15) is 5.21 Å². The van der Waals surface area contributed by atoms with E-state index in [2.05, 4.69) is 55.9 Å². The van der Waals surface area contributed by atoms with E-state index in [0.29, 0.717) is 12.4 Å². The van der Waals surface area contributed by atoms with Crippen LogP contribution in [0.1, 0.15) is 24.7 Å². The molecule has 0 amide bonds. The minimum Gasteiger partial charge on any atom is -0.354 e. The van der Waals surface area contributed by atoms with Crippen LogP contribution in [0.2, 0.25) is 0 Å². The maximum Gasteiger partial charge on any atom is 0.188 e. The number of aryl methyl sites for hydroxylation is 1. The average Bonchev–Trinajstić information content (AvgIpc) is 2.90. The Morgan fingerprint density at radius 1 is 1.44 bits per heavy atom. The molecule has 0 radical (unpaired) electrons. The summed E-state index contributed by atoms with van der Waals surface area (Å²) in [7, 11) is 0. The molecule has 0 aliphatic carbocycles. The minimum atomic E-state index is 0.634. The Hall–Kier alpha value is -1.69. The summed E-state index contributed by atoms with van der Waals surface area (Å²) in [5.74, 6) is 0.688. The van der Waals surface area contributed by atoms with Gasteiger partial charge in [0.2, 0.25) is 0 Å². The van der Waals surface area contributed by atoms with Crippen LogP contribution in [0.3, 0.4) is 0 Å². The number of tetrazole rings is 1. The van der Waals surface area contributed by atoms with Gasteiger partial charge in [-0.3, -0.25) is 0 Å². The van der Waals surface area contributed by atoms with Gasteiger partial charge in [-0.25, -0.2) is 0 Å². The van der Waals surface area contributed by atoms with Crippen LogP contribution in [0, 0.1) is 0 Å². The number of H-pyrrole nitrogens is 1. The second kappa shape index (κ2) is 5.41. The van der Waals surface area contributed by atoms with Gasteiger partial charge in [-0.15, -0.1) is 10.2 Å². The fourth-order valence-corrected chi connectivity index (χ4v) is 1.57. The number of hydrogen-bond acceptors (Lipinski definition) is 4. The number of rotatable bonds is 6. The topological polar surface area (TPSA) is 71.4 Å². The Morgan fingerprint density at radius 3 is 3.12 bits per heavy atom. The Labute approximate surface area is 94.1 Å². The van der Waals surface area contributed by atoms with Gasteiger partial charge < -0.3 is 9.88 Å². The highest BCUT2D eigenvalue weighted by atomic mass is 15.5. The minimum absolute atomic E-state index is 0.634. The summed E-state index contributed by atoms with van der Waals surface area (Å²) < 4.78 is 2.20. The summed E-state index contributed by atoms with van der Waals surface area (Å²) in [6.45, 7) is 4.71. The molecular weight excluding hydrogens is 204 g/mol. The van der Waals surface area contributed by atoms with Crippen molar-refractivity contribution in [2.24, 2.45) is 0 Å². The maximum absolute atomic E-state index is 3.87. The van der Waals surface area contributed by atoms with Crippen molar-refractivity contribution in [3.8, 4) is 0 Å². The quantitative estimate of drug-likeness (QED) is 0.751. The van der Waals surface area contributed by atoms with Crippen molar-refractivity contribution in [2.75, 3.05) is 0 Å². The number of aromatic amines is 1. The Morgan fingerprint density at radius 2 is 2.38 bits per heavy atom. The van der Waals surface area contributed by atoms with Gasteiger partial charge in [0.25, 0.3) is 0 Å². The molecule has 6 heteroatoms. The van der Waals surface area contributed by atoms with Gasteiger partial charge in [0.1, 0.15) is 0 Å². The van der Waals surface area contributed by atoms with Gasteiger partial charge >= 0.3 is 0 Å². The molecule has 86 valence electrons. The Balaban J connectivity index is 1.76. The second-order valence-corrected chi connectivity index (χ2v) is 3.69. The number of nitrogens with zero attached hydrogens (tertiary/aromatic N) is 4. The van der Waals surface area contributed by atoms with E-state index in [1.807, 2.05) is 0 Å². The van der Waals surface area contributed by atoms with Crippen molar-refractivity contribution in [2.45, 2.75) is 33.0 Å². The molecule has 0 bridgehead atoms. The zero-order valence-corrected chi connectivity index (χ0v) is 9.35. The van der Waals surface area contributed by atoms with E-state index in [0.717, 1.165) is 19.5 Å². The zero-order valence-electron chi connectivity index (χ0n) is 9.35. The molecule has 0 unspecified atom stereocenters. The first kappa shape index (κ1) is 10.8. The van der Waals surface area contributed by atoms with Crippen LogP contribution in [-0.2, 0) is 19.6 Å². The largest absolute Gasteiger partial charge is 0.354 e. The van der Waals surface area contributed by atoms with E-state index in [1.54, 1.807) is 0 Å². The van der Waals surface area contributed by atoms with Crippen molar-refractivity contribution in [1.82, 2.24) is 30.5 Å². The smallest absolute Gasteiger partial charge is 0.188 e. The summed E-state index contributed by atoms with van der Waals surface area (Å²) in [4.78, 5) is 0. The molecule has 0 spiro atoms. The lowest BCUT2D eigenvalue weighted by atomic mass is 10.3. The first-order chi connectivity index (χ1) is 7.88. The van der Waals surface area contributed by atoms with E-state index in [1.165, 1.54) is 5.56 Å². The zero-order chi connectivity index (χ0) is 11.2. The van der Waals surface area contributed by atoms with E-state index in [4.69, 9.17) is 0 Å². The molecule has 2 N–H and O–H groups in total. The lowest BCUT2D eigenvalue weighted by Gasteiger charge is -1.99. The Bertz CT molecular complexity index is 405. The maximum atomic E-state index is 3.87. The summed E-state index contributed by atoms with van der Waals surface area (Å²) >= 11 is 0. The van der Waals surface area contributed by atoms with E-state index in [-0.39, 0.29) is 0 Å². The SMILES string of the molecule is CCCn1ccc(CNCc2nn[nH]n2)c1. The molecule has 0 aromatic carbocycles. The van der Waals surface area contributed by atoms with Gasteiger partial charge in [-0.1, -0.05) is 12.1 Å². The van der Waals surface area contributed by atoms with Gasteiger partial charge in [0.15, 0.2) is 5.82 Å². The highest BCUT2D eigenvalue weighted by molar-refractivity contribution is 5.09. The van der Waals surface area contributed by atoms with Crippen LogP contribution in [0.5, 0.6) is 0 Å². The fourth-order valence-electron chi connectivity index (χ4n) is 1.57. The molecule has 0 saturated carbocycles. The molecule has 16 heavy (non-hydrogen) atoms.